The highest BCUT2D eigenvalue weighted by atomic mass is 32.1. The number of carboxylic acid groups (broad SMARTS) is 1. The van der Waals surface area contributed by atoms with Crippen LogP contribution in [0.2, 0.25) is 0 Å². The van der Waals surface area contributed by atoms with E-state index in [1.807, 2.05) is 0 Å². The van der Waals surface area contributed by atoms with Gasteiger partial charge >= 0.3 is 11.9 Å². The second-order valence-corrected chi connectivity index (χ2v) is 8.48. The van der Waals surface area contributed by atoms with Gasteiger partial charge in [0.05, 0.1) is 24.5 Å². The van der Waals surface area contributed by atoms with Crippen LogP contribution in [0, 0.1) is 17.8 Å². The molecule has 0 saturated heterocycles. The van der Waals surface area contributed by atoms with Gasteiger partial charge in [-0.05, 0) is 43.6 Å². The first kappa shape index (κ1) is 18.9. The van der Waals surface area contributed by atoms with Crippen molar-refractivity contribution >= 4 is 34.2 Å². The molecule has 2 N–H and O–H groups in total. The number of carbonyl (C=O) groups excluding carboxylic acids is 2. The second-order valence-electron chi connectivity index (χ2n) is 7.37. The van der Waals surface area contributed by atoms with Crippen molar-refractivity contribution in [3.63, 3.8) is 0 Å². The zero-order chi connectivity index (χ0) is 18.8. The molecule has 0 aliphatic heterocycles. The van der Waals surface area contributed by atoms with Crippen molar-refractivity contribution in [1.82, 2.24) is 0 Å². The Balaban J connectivity index is 1.88. The van der Waals surface area contributed by atoms with E-state index in [1.54, 1.807) is 0 Å². The second kappa shape index (κ2) is 7.78. The summed E-state index contributed by atoms with van der Waals surface area (Å²) in [5.74, 6) is -2.31. The monoisotopic (exact) mass is 379 g/mol. The maximum atomic E-state index is 12.8. The molecule has 6 nitrogen and oxygen atoms in total. The number of rotatable bonds is 4. The van der Waals surface area contributed by atoms with E-state index in [1.165, 1.54) is 18.4 Å². The summed E-state index contributed by atoms with van der Waals surface area (Å²) in [7, 11) is 1.34. The van der Waals surface area contributed by atoms with E-state index in [2.05, 4.69) is 12.2 Å². The van der Waals surface area contributed by atoms with Crippen molar-refractivity contribution in [3.05, 3.63) is 16.0 Å². The van der Waals surface area contributed by atoms with E-state index in [-0.39, 0.29) is 5.91 Å². The molecular formula is C19H25NO5S. The summed E-state index contributed by atoms with van der Waals surface area (Å²) in [5, 5.41) is 12.8. The summed E-state index contributed by atoms with van der Waals surface area (Å²) in [6.45, 7) is 2.18. The average molecular weight is 379 g/mol. The van der Waals surface area contributed by atoms with Crippen LogP contribution in [-0.4, -0.2) is 30.1 Å². The molecule has 0 bridgehead atoms. The Hall–Kier alpha value is -1.89. The van der Waals surface area contributed by atoms with Gasteiger partial charge in [-0.25, -0.2) is 4.79 Å². The Morgan fingerprint density at radius 2 is 1.85 bits per heavy atom. The van der Waals surface area contributed by atoms with Crippen molar-refractivity contribution in [3.8, 4) is 0 Å². The molecule has 26 heavy (non-hydrogen) atoms. The summed E-state index contributed by atoms with van der Waals surface area (Å²) in [6.07, 6.45) is 5.47. The lowest BCUT2D eigenvalue weighted by Gasteiger charge is -2.27. The number of ether oxygens (including phenoxy) is 1. The number of esters is 1. The minimum atomic E-state index is -0.919. The SMILES string of the molecule is COC(=O)c1c(NC(=O)[C@@H]2CCCC[C@@H]2C(=O)O)sc2c1CC[C@H](C)C2. The Labute approximate surface area is 156 Å². The molecule has 2 aliphatic rings. The molecule has 0 aromatic carbocycles. The number of carboxylic acids is 1. The minimum Gasteiger partial charge on any atom is -0.481 e. The molecule has 0 unspecified atom stereocenters. The number of thiophene rings is 1. The molecule has 1 heterocycles. The summed E-state index contributed by atoms with van der Waals surface area (Å²) >= 11 is 1.43. The number of aliphatic carboxylic acids is 1. The standard InChI is InChI=1S/C19H25NO5S/c1-10-7-8-13-14(9-10)26-17(15(13)19(24)25-2)20-16(21)11-5-3-4-6-12(11)18(22)23/h10-12H,3-9H2,1-2H3,(H,20,21)(H,22,23)/t10-,11+,12-/m0/s1. The van der Waals surface area contributed by atoms with E-state index < -0.39 is 23.8 Å². The first-order valence-corrected chi connectivity index (χ1v) is 10.0. The number of methoxy groups -OCH3 is 1. The van der Waals surface area contributed by atoms with Crippen molar-refractivity contribution in [2.45, 2.75) is 51.9 Å². The van der Waals surface area contributed by atoms with Gasteiger partial charge < -0.3 is 15.2 Å². The molecule has 1 fully saturated rings. The minimum absolute atomic E-state index is 0.297. The predicted molar refractivity (Wildman–Crippen MR) is 98.6 cm³/mol. The fourth-order valence-corrected chi connectivity index (χ4v) is 5.50. The van der Waals surface area contributed by atoms with Crippen LogP contribution >= 0.6 is 11.3 Å². The van der Waals surface area contributed by atoms with Gasteiger partial charge in [-0.3, -0.25) is 9.59 Å². The van der Waals surface area contributed by atoms with Gasteiger partial charge in [0.25, 0.3) is 0 Å². The number of nitrogens with one attached hydrogen (secondary N) is 1. The number of anilines is 1. The smallest absolute Gasteiger partial charge is 0.341 e. The van der Waals surface area contributed by atoms with Crippen LogP contribution in [0.5, 0.6) is 0 Å². The zero-order valence-electron chi connectivity index (χ0n) is 15.2. The van der Waals surface area contributed by atoms with Crippen molar-refractivity contribution in [2.75, 3.05) is 12.4 Å². The Morgan fingerprint density at radius 3 is 2.50 bits per heavy atom. The van der Waals surface area contributed by atoms with Gasteiger partial charge in [0.15, 0.2) is 0 Å². The highest BCUT2D eigenvalue weighted by Gasteiger charge is 2.37. The number of hydrogen-bond acceptors (Lipinski definition) is 5. The molecule has 1 amide bonds. The van der Waals surface area contributed by atoms with E-state index in [9.17, 15) is 19.5 Å². The fourth-order valence-electron chi connectivity index (χ4n) is 4.10. The molecule has 0 spiro atoms. The Morgan fingerprint density at radius 1 is 1.15 bits per heavy atom. The lowest BCUT2D eigenvalue weighted by molar-refractivity contribution is -0.147. The van der Waals surface area contributed by atoms with Crippen molar-refractivity contribution in [1.29, 1.82) is 0 Å². The van der Waals surface area contributed by atoms with Gasteiger partial charge in [-0.2, -0.15) is 0 Å². The van der Waals surface area contributed by atoms with Crippen LogP contribution in [0.25, 0.3) is 0 Å². The maximum Gasteiger partial charge on any atom is 0.341 e. The molecule has 7 heteroatoms. The van der Waals surface area contributed by atoms with Crippen LogP contribution in [0.4, 0.5) is 5.00 Å². The normalized spacial score (nSPS) is 25.2. The third-order valence-electron chi connectivity index (χ3n) is 5.56. The maximum absolute atomic E-state index is 12.8. The lowest BCUT2D eigenvalue weighted by Crippen LogP contribution is -2.36. The summed E-state index contributed by atoms with van der Waals surface area (Å²) in [4.78, 5) is 37.7. The number of hydrogen-bond donors (Lipinski definition) is 2. The van der Waals surface area contributed by atoms with Gasteiger partial charge in [0, 0.05) is 4.88 Å². The molecule has 2 aliphatic carbocycles. The molecule has 1 saturated carbocycles. The van der Waals surface area contributed by atoms with Gasteiger partial charge in [0.2, 0.25) is 5.91 Å². The van der Waals surface area contributed by atoms with Crippen molar-refractivity contribution < 1.29 is 24.2 Å². The lowest BCUT2D eigenvalue weighted by atomic mass is 9.78. The van der Waals surface area contributed by atoms with E-state index >= 15 is 0 Å². The Bertz CT molecular complexity index is 726. The highest BCUT2D eigenvalue weighted by Crippen LogP contribution is 2.41. The molecule has 142 valence electrons. The number of amides is 1. The quantitative estimate of drug-likeness (QED) is 0.781. The molecular weight excluding hydrogens is 354 g/mol. The number of fused-ring (bicyclic) bond motifs is 1. The molecule has 3 atom stereocenters. The van der Waals surface area contributed by atoms with Crippen LogP contribution in [0.15, 0.2) is 0 Å². The van der Waals surface area contributed by atoms with Gasteiger partial charge in [-0.15, -0.1) is 11.3 Å². The number of carbonyl (C=O) groups is 3. The first-order chi connectivity index (χ1) is 12.4. The summed E-state index contributed by atoms with van der Waals surface area (Å²) in [5.41, 5.74) is 1.43. The third-order valence-corrected chi connectivity index (χ3v) is 6.73. The van der Waals surface area contributed by atoms with E-state index in [4.69, 9.17) is 4.74 Å². The van der Waals surface area contributed by atoms with Crippen LogP contribution in [0.1, 0.15) is 59.8 Å². The first-order valence-electron chi connectivity index (χ1n) is 9.18. The molecule has 3 rings (SSSR count). The van der Waals surface area contributed by atoms with Crippen LogP contribution in [-0.2, 0) is 27.2 Å². The molecule has 1 aromatic rings. The van der Waals surface area contributed by atoms with E-state index in [0.717, 1.165) is 42.5 Å². The van der Waals surface area contributed by atoms with Crippen LogP contribution < -0.4 is 5.32 Å². The Kier molecular flexibility index (Phi) is 5.65. The van der Waals surface area contributed by atoms with Gasteiger partial charge in [0.1, 0.15) is 5.00 Å². The summed E-state index contributed by atoms with van der Waals surface area (Å²) < 4.78 is 4.94. The summed E-state index contributed by atoms with van der Waals surface area (Å²) in [6, 6.07) is 0. The predicted octanol–water partition coefficient (Wildman–Crippen LogP) is 3.49. The third kappa shape index (κ3) is 3.63. The van der Waals surface area contributed by atoms with Gasteiger partial charge in [-0.1, -0.05) is 19.8 Å². The molecule has 1 aromatic heterocycles. The van der Waals surface area contributed by atoms with Crippen LogP contribution in [0.3, 0.4) is 0 Å². The average Bonchev–Trinajstić information content (AvgIpc) is 2.97. The largest absolute Gasteiger partial charge is 0.481 e. The molecule has 0 radical (unpaired) electrons. The highest BCUT2D eigenvalue weighted by molar-refractivity contribution is 7.17. The fraction of sp³-hybridized carbons (Fsp3) is 0.632. The van der Waals surface area contributed by atoms with Crippen molar-refractivity contribution in [2.24, 2.45) is 17.8 Å². The zero-order valence-corrected chi connectivity index (χ0v) is 16.0. The topological polar surface area (TPSA) is 92.7 Å². The van der Waals surface area contributed by atoms with E-state index in [0.29, 0.717) is 29.3 Å².